The summed E-state index contributed by atoms with van der Waals surface area (Å²) in [6.07, 6.45) is 6.23. The lowest BCUT2D eigenvalue weighted by Gasteiger charge is -2.07. The zero-order valence-corrected chi connectivity index (χ0v) is 10.8. The molecule has 0 aromatic carbocycles. The van der Waals surface area contributed by atoms with E-state index in [2.05, 4.69) is 26.1 Å². The first-order valence-corrected chi connectivity index (χ1v) is 6.55. The predicted octanol–water partition coefficient (Wildman–Crippen LogP) is 3.22. The third-order valence-corrected chi connectivity index (χ3v) is 2.34. The predicted molar refractivity (Wildman–Crippen MR) is 67.3 cm³/mol. The Morgan fingerprint density at radius 2 is 1.73 bits per heavy atom. The van der Waals surface area contributed by atoms with Crippen LogP contribution in [-0.4, -0.2) is 26.3 Å². The molecule has 2 heteroatoms. The Bertz CT molecular complexity index is 115. The molecule has 0 saturated heterocycles. The van der Waals surface area contributed by atoms with Crippen molar-refractivity contribution in [1.82, 2.24) is 5.32 Å². The maximum atomic E-state index is 5.50. The van der Waals surface area contributed by atoms with Gasteiger partial charge in [0.2, 0.25) is 0 Å². The van der Waals surface area contributed by atoms with Gasteiger partial charge in [0.15, 0.2) is 0 Å². The largest absolute Gasteiger partial charge is 0.381 e. The molecule has 0 aromatic rings. The summed E-state index contributed by atoms with van der Waals surface area (Å²) >= 11 is 0. The van der Waals surface area contributed by atoms with Gasteiger partial charge in [-0.3, -0.25) is 0 Å². The van der Waals surface area contributed by atoms with Gasteiger partial charge in [0.05, 0.1) is 0 Å². The molecule has 0 spiro atoms. The van der Waals surface area contributed by atoms with E-state index in [1.165, 1.54) is 32.1 Å². The van der Waals surface area contributed by atoms with Crippen LogP contribution in [0.5, 0.6) is 0 Å². The number of nitrogens with one attached hydrogen (secondary N) is 1. The Morgan fingerprint density at radius 3 is 2.40 bits per heavy atom. The highest BCUT2D eigenvalue weighted by Crippen LogP contribution is 1.97. The fraction of sp³-hybridized carbons (Fsp3) is 1.00. The Balaban J connectivity index is 2.87. The number of ether oxygens (including phenoxy) is 1. The smallest absolute Gasteiger partial charge is 0.0466 e. The van der Waals surface area contributed by atoms with E-state index in [1.807, 2.05) is 0 Å². The quantitative estimate of drug-likeness (QED) is 0.534. The highest BCUT2D eigenvalue weighted by atomic mass is 16.5. The molecule has 0 aliphatic heterocycles. The van der Waals surface area contributed by atoms with Gasteiger partial charge in [-0.1, -0.05) is 27.2 Å². The minimum atomic E-state index is 0.766. The van der Waals surface area contributed by atoms with Crippen molar-refractivity contribution in [2.45, 2.75) is 52.9 Å². The third kappa shape index (κ3) is 13.9. The van der Waals surface area contributed by atoms with Crippen LogP contribution in [0.1, 0.15) is 52.9 Å². The standard InChI is InChI=1S/C13H29NO/c1-4-5-10-15-11-8-6-7-9-14-12-13(2)3/h13-14H,4-12H2,1-3H3. The molecule has 0 aliphatic carbocycles. The highest BCUT2D eigenvalue weighted by Gasteiger charge is 1.93. The van der Waals surface area contributed by atoms with Crippen LogP contribution >= 0.6 is 0 Å². The van der Waals surface area contributed by atoms with Gasteiger partial charge >= 0.3 is 0 Å². The summed E-state index contributed by atoms with van der Waals surface area (Å²) in [6.45, 7) is 10.9. The maximum Gasteiger partial charge on any atom is 0.0466 e. The van der Waals surface area contributed by atoms with Crippen molar-refractivity contribution in [2.75, 3.05) is 26.3 Å². The van der Waals surface area contributed by atoms with Crippen LogP contribution < -0.4 is 5.32 Å². The van der Waals surface area contributed by atoms with Gasteiger partial charge in [0.25, 0.3) is 0 Å². The lowest BCUT2D eigenvalue weighted by atomic mass is 10.2. The van der Waals surface area contributed by atoms with Gasteiger partial charge in [-0.25, -0.2) is 0 Å². The number of rotatable bonds is 11. The molecule has 92 valence electrons. The minimum absolute atomic E-state index is 0.766. The van der Waals surface area contributed by atoms with Crippen molar-refractivity contribution < 1.29 is 4.74 Å². The molecule has 0 atom stereocenters. The zero-order valence-electron chi connectivity index (χ0n) is 10.8. The van der Waals surface area contributed by atoms with Crippen LogP contribution in [0.15, 0.2) is 0 Å². The number of unbranched alkanes of at least 4 members (excludes halogenated alkanes) is 3. The van der Waals surface area contributed by atoms with Gasteiger partial charge in [0, 0.05) is 13.2 Å². The monoisotopic (exact) mass is 215 g/mol. The average molecular weight is 215 g/mol. The van der Waals surface area contributed by atoms with E-state index in [4.69, 9.17) is 4.74 Å². The number of hydrogen-bond donors (Lipinski definition) is 1. The Morgan fingerprint density at radius 1 is 1.00 bits per heavy atom. The molecule has 0 saturated carbocycles. The van der Waals surface area contributed by atoms with Crippen molar-refractivity contribution in [3.63, 3.8) is 0 Å². The topological polar surface area (TPSA) is 21.3 Å². The van der Waals surface area contributed by atoms with Crippen molar-refractivity contribution in [3.8, 4) is 0 Å². The Hall–Kier alpha value is -0.0800. The van der Waals surface area contributed by atoms with Gasteiger partial charge in [0.1, 0.15) is 0 Å². The van der Waals surface area contributed by atoms with Gasteiger partial charge in [-0.15, -0.1) is 0 Å². The van der Waals surface area contributed by atoms with Gasteiger partial charge < -0.3 is 10.1 Å². The summed E-state index contributed by atoms with van der Waals surface area (Å²) in [5, 5.41) is 3.46. The number of hydrogen-bond acceptors (Lipinski definition) is 2. The lowest BCUT2D eigenvalue weighted by Crippen LogP contribution is -2.20. The summed E-state index contributed by atoms with van der Waals surface area (Å²) in [5.41, 5.74) is 0. The highest BCUT2D eigenvalue weighted by molar-refractivity contribution is 4.51. The fourth-order valence-electron chi connectivity index (χ4n) is 1.37. The van der Waals surface area contributed by atoms with Crippen LogP contribution in [0.2, 0.25) is 0 Å². The van der Waals surface area contributed by atoms with Crippen molar-refractivity contribution in [1.29, 1.82) is 0 Å². The average Bonchev–Trinajstić information content (AvgIpc) is 2.20. The van der Waals surface area contributed by atoms with Crippen molar-refractivity contribution >= 4 is 0 Å². The van der Waals surface area contributed by atoms with Crippen LogP contribution in [-0.2, 0) is 4.74 Å². The molecule has 0 amide bonds. The first kappa shape index (κ1) is 14.9. The summed E-state index contributed by atoms with van der Waals surface area (Å²) in [4.78, 5) is 0. The molecule has 0 bridgehead atoms. The zero-order chi connectivity index (χ0) is 11.4. The second kappa shape index (κ2) is 12.0. The van der Waals surface area contributed by atoms with E-state index >= 15 is 0 Å². The minimum Gasteiger partial charge on any atom is -0.381 e. The molecule has 0 radical (unpaired) electrons. The van der Waals surface area contributed by atoms with Crippen molar-refractivity contribution in [2.24, 2.45) is 5.92 Å². The van der Waals surface area contributed by atoms with E-state index in [0.717, 1.165) is 32.2 Å². The molecule has 0 fully saturated rings. The Labute approximate surface area is 95.8 Å². The summed E-state index contributed by atoms with van der Waals surface area (Å²) in [7, 11) is 0. The second-order valence-electron chi connectivity index (χ2n) is 4.62. The van der Waals surface area contributed by atoms with Crippen LogP contribution in [0.25, 0.3) is 0 Å². The molecule has 15 heavy (non-hydrogen) atoms. The van der Waals surface area contributed by atoms with Gasteiger partial charge in [-0.2, -0.15) is 0 Å². The first-order valence-electron chi connectivity index (χ1n) is 6.55. The lowest BCUT2D eigenvalue weighted by molar-refractivity contribution is 0.127. The maximum absolute atomic E-state index is 5.50. The SMILES string of the molecule is CCCCOCCCCCNCC(C)C. The van der Waals surface area contributed by atoms with E-state index in [0.29, 0.717) is 0 Å². The molecule has 0 rings (SSSR count). The molecule has 0 aliphatic rings. The first-order chi connectivity index (χ1) is 7.27. The van der Waals surface area contributed by atoms with E-state index < -0.39 is 0 Å². The molecule has 2 nitrogen and oxygen atoms in total. The second-order valence-corrected chi connectivity index (χ2v) is 4.62. The summed E-state index contributed by atoms with van der Waals surface area (Å²) in [6, 6.07) is 0. The summed E-state index contributed by atoms with van der Waals surface area (Å²) in [5.74, 6) is 0.766. The third-order valence-electron chi connectivity index (χ3n) is 2.34. The molecule has 0 unspecified atom stereocenters. The van der Waals surface area contributed by atoms with Crippen molar-refractivity contribution in [3.05, 3.63) is 0 Å². The van der Waals surface area contributed by atoms with E-state index in [9.17, 15) is 0 Å². The molecule has 0 heterocycles. The van der Waals surface area contributed by atoms with E-state index in [1.54, 1.807) is 0 Å². The molecule has 1 N–H and O–H groups in total. The van der Waals surface area contributed by atoms with Crippen LogP contribution in [0.3, 0.4) is 0 Å². The molecular weight excluding hydrogens is 186 g/mol. The van der Waals surface area contributed by atoms with Crippen LogP contribution in [0.4, 0.5) is 0 Å². The molecule has 0 aromatic heterocycles. The van der Waals surface area contributed by atoms with Gasteiger partial charge in [-0.05, 0) is 44.7 Å². The molecular formula is C13H29NO. The normalized spacial score (nSPS) is 11.2. The Kier molecular flexibility index (Phi) is 11.9. The fourth-order valence-corrected chi connectivity index (χ4v) is 1.37. The summed E-state index contributed by atoms with van der Waals surface area (Å²) < 4.78 is 5.50. The van der Waals surface area contributed by atoms with Crippen LogP contribution in [0, 0.1) is 5.92 Å². The van der Waals surface area contributed by atoms with E-state index in [-0.39, 0.29) is 0 Å².